The van der Waals surface area contributed by atoms with E-state index in [2.05, 4.69) is 10.3 Å². The molecule has 0 bridgehead atoms. The third kappa shape index (κ3) is 3.94. The molecule has 0 fully saturated rings. The van der Waals surface area contributed by atoms with Gasteiger partial charge in [0.05, 0.1) is 11.1 Å². The van der Waals surface area contributed by atoms with Crippen LogP contribution in [-0.2, 0) is 4.79 Å². The average Bonchev–Trinajstić information content (AvgIpc) is 2.49. The zero-order chi connectivity index (χ0) is 17.0. The fourth-order valence-corrected chi connectivity index (χ4v) is 2.32. The normalized spacial score (nSPS) is 12.1. The molecule has 1 atom stereocenters. The van der Waals surface area contributed by atoms with Gasteiger partial charge in [0.25, 0.3) is 5.91 Å². The largest absolute Gasteiger partial charge is 0.480 e. The van der Waals surface area contributed by atoms with Gasteiger partial charge in [-0.25, -0.2) is 9.18 Å². The number of unbranched alkanes of at least 4 members (excludes halogenated alkanes) is 1. The highest BCUT2D eigenvalue weighted by Gasteiger charge is 2.21. The Hall–Kier alpha value is -2.70. The first-order chi connectivity index (χ1) is 10.9. The first-order valence-corrected chi connectivity index (χ1v) is 7.28. The van der Waals surface area contributed by atoms with Crippen molar-refractivity contribution in [2.75, 3.05) is 0 Å². The smallest absolute Gasteiger partial charge is 0.326 e. The number of fused-ring (bicyclic) bond motifs is 1. The SMILES string of the molecule is CCCCC(NC(=O)c1cc(=O)[nH]c2cc(F)ccc12)C(=O)O. The number of carboxylic acids is 1. The number of aliphatic carboxylic acids is 1. The third-order valence-electron chi connectivity index (χ3n) is 3.50. The first kappa shape index (κ1) is 16.7. The van der Waals surface area contributed by atoms with Crippen LogP contribution < -0.4 is 10.9 Å². The Kier molecular flexibility index (Phi) is 5.10. The van der Waals surface area contributed by atoms with E-state index in [1.165, 1.54) is 12.1 Å². The molecule has 0 aliphatic heterocycles. The van der Waals surface area contributed by atoms with Crippen LogP contribution in [0.2, 0.25) is 0 Å². The van der Waals surface area contributed by atoms with E-state index in [1.54, 1.807) is 0 Å². The molecule has 1 aromatic carbocycles. The Morgan fingerprint density at radius 3 is 2.74 bits per heavy atom. The Morgan fingerprint density at radius 1 is 1.35 bits per heavy atom. The van der Waals surface area contributed by atoms with E-state index < -0.39 is 29.3 Å². The standard InChI is InChI=1S/C16H17FN2O4/c1-2-3-4-12(16(22)23)19-15(21)11-8-14(20)18-13-7-9(17)5-6-10(11)13/h5-8,12H,2-4H2,1H3,(H,18,20)(H,19,21)(H,22,23). The quantitative estimate of drug-likeness (QED) is 0.758. The lowest BCUT2D eigenvalue weighted by atomic mass is 10.1. The number of aromatic nitrogens is 1. The molecule has 0 saturated heterocycles. The molecule has 23 heavy (non-hydrogen) atoms. The number of carbonyl (C=O) groups is 2. The van der Waals surface area contributed by atoms with Gasteiger partial charge in [-0.1, -0.05) is 19.8 Å². The molecule has 0 aliphatic carbocycles. The molecular formula is C16H17FN2O4. The predicted octanol–water partition coefficient (Wildman–Crippen LogP) is 2.04. The number of benzene rings is 1. The first-order valence-electron chi connectivity index (χ1n) is 7.28. The number of amides is 1. The molecule has 1 heterocycles. The Morgan fingerprint density at radius 2 is 2.09 bits per heavy atom. The van der Waals surface area contributed by atoms with Crippen LogP contribution in [-0.4, -0.2) is 28.0 Å². The molecule has 0 spiro atoms. The van der Waals surface area contributed by atoms with Crippen molar-refractivity contribution in [1.29, 1.82) is 0 Å². The highest BCUT2D eigenvalue weighted by Crippen LogP contribution is 2.16. The second-order valence-electron chi connectivity index (χ2n) is 5.24. The number of hydrogen-bond donors (Lipinski definition) is 3. The summed E-state index contributed by atoms with van der Waals surface area (Å²) in [7, 11) is 0. The summed E-state index contributed by atoms with van der Waals surface area (Å²) in [5.41, 5.74) is -0.358. The minimum absolute atomic E-state index is 0.0199. The number of halogens is 1. The lowest BCUT2D eigenvalue weighted by Crippen LogP contribution is -2.41. The summed E-state index contributed by atoms with van der Waals surface area (Å²) in [6.45, 7) is 1.92. The molecule has 2 aromatic rings. The van der Waals surface area contributed by atoms with Gasteiger partial charge < -0.3 is 15.4 Å². The van der Waals surface area contributed by atoms with Crippen molar-refractivity contribution in [2.24, 2.45) is 0 Å². The number of aromatic amines is 1. The third-order valence-corrected chi connectivity index (χ3v) is 3.50. The van der Waals surface area contributed by atoms with Gasteiger partial charge in [-0.2, -0.15) is 0 Å². The lowest BCUT2D eigenvalue weighted by molar-refractivity contribution is -0.139. The molecule has 1 unspecified atom stereocenters. The zero-order valence-electron chi connectivity index (χ0n) is 12.6. The summed E-state index contributed by atoms with van der Waals surface area (Å²) in [6, 6.07) is 3.70. The van der Waals surface area contributed by atoms with Crippen LogP contribution in [0.1, 0.15) is 36.5 Å². The van der Waals surface area contributed by atoms with E-state index in [-0.39, 0.29) is 11.1 Å². The average molecular weight is 320 g/mol. The second-order valence-corrected chi connectivity index (χ2v) is 5.24. The van der Waals surface area contributed by atoms with Gasteiger partial charge in [0, 0.05) is 11.5 Å². The van der Waals surface area contributed by atoms with Crippen molar-refractivity contribution in [2.45, 2.75) is 32.2 Å². The molecule has 122 valence electrons. The van der Waals surface area contributed by atoms with Crippen molar-refractivity contribution in [3.63, 3.8) is 0 Å². The Labute approximate surface area is 131 Å². The molecule has 1 aromatic heterocycles. The summed E-state index contributed by atoms with van der Waals surface area (Å²) in [4.78, 5) is 37.6. The van der Waals surface area contributed by atoms with Crippen LogP contribution in [0, 0.1) is 5.82 Å². The summed E-state index contributed by atoms with van der Waals surface area (Å²) in [5, 5.41) is 11.9. The predicted molar refractivity (Wildman–Crippen MR) is 82.9 cm³/mol. The maximum absolute atomic E-state index is 13.3. The molecule has 0 aliphatic rings. The summed E-state index contributed by atoms with van der Waals surface area (Å²) in [5.74, 6) is -2.35. The minimum Gasteiger partial charge on any atom is -0.480 e. The minimum atomic E-state index is -1.13. The zero-order valence-corrected chi connectivity index (χ0v) is 12.6. The number of pyridine rings is 1. The second kappa shape index (κ2) is 7.04. The van der Waals surface area contributed by atoms with Crippen LogP contribution in [0.3, 0.4) is 0 Å². The number of carboxylic acid groups (broad SMARTS) is 1. The van der Waals surface area contributed by atoms with E-state index in [0.717, 1.165) is 18.6 Å². The summed E-state index contributed by atoms with van der Waals surface area (Å²) < 4.78 is 13.3. The molecule has 1 amide bonds. The molecule has 0 radical (unpaired) electrons. The molecule has 2 rings (SSSR count). The van der Waals surface area contributed by atoms with Gasteiger partial charge >= 0.3 is 5.97 Å². The molecule has 3 N–H and O–H groups in total. The maximum atomic E-state index is 13.3. The Bertz CT molecular complexity index is 800. The lowest BCUT2D eigenvalue weighted by Gasteiger charge is -2.15. The highest BCUT2D eigenvalue weighted by molar-refractivity contribution is 6.06. The van der Waals surface area contributed by atoms with Gasteiger partial charge in [0.1, 0.15) is 11.9 Å². The number of H-pyrrole nitrogens is 1. The van der Waals surface area contributed by atoms with Crippen LogP contribution in [0.4, 0.5) is 4.39 Å². The van der Waals surface area contributed by atoms with Gasteiger partial charge in [-0.15, -0.1) is 0 Å². The van der Waals surface area contributed by atoms with Crippen molar-refractivity contribution in [3.05, 3.63) is 46.0 Å². The van der Waals surface area contributed by atoms with Gasteiger partial charge in [-0.05, 0) is 24.6 Å². The highest BCUT2D eigenvalue weighted by atomic mass is 19.1. The molecular weight excluding hydrogens is 303 g/mol. The van der Waals surface area contributed by atoms with Gasteiger partial charge in [-0.3, -0.25) is 9.59 Å². The fourth-order valence-electron chi connectivity index (χ4n) is 2.32. The van der Waals surface area contributed by atoms with Crippen molar-refractivity contribution in [1.82, 2.24) is 10.3 Å². The fraction of sp³-hybridized carbons (Fsp3) is 0.312. The number of rotatable bonds is 6. The number of nitrogens with one attached hydrogen (secondary N) is 2. The van der Waals surface area contributed by atoms with E-state index in [9.17, 15) is 18.8 Å². The van der Waals surface area contributed by atoms with Gasteiger partial charge in [0.15, 0.2) is 0 Å². The molecule has 6 nitrogen and oxygen atoms in total. The Balaban J connectivity index is 2.37. The van der Waals surface area contributed by atoms with Crippen LogP contribution in [0.5, 0.6) is 0 Å². The van der Waals surface area contributed by atoms with E-state index in [1.807, 2.05) is 6.92 Å². The molecule has 7 heteroatoms. The van der Waals surface area contributed by atoms with Crippen LogP contribution in [0.25, 0.3) is 10.9 Å². The van der Waals surface area contributed by atoms with Gasteiger partial charge in [0.2, 0.25) is 5.56 Å². The van der Waals surface area contributed by atoms with E-state index in [4.69, 9.17) is 5.11 Å². The van der Waals surface area contributed by atoms with Crippen LogP contribution in [0.15, 0.2) is 29.1 Å². The summed E-state index contributed by atoms with van der Waals surface area (Å²) >= 11 is 0. The van der Waals surface area contributed by atoms with Crippen LogP contribution >= 0.6 is 0 Å². The van der Waals surface area contributed by atoms with E-state index in [0.29, 0.717) is 18.2 Å². The monoisotopic (exact) mass is 320 g/mol. The van der Waals surface area contributed by atoms with Crippen molar-refractivity contribution < 1.29 is 19.1 Å². The molecule has 0 saturated carbocycles. The topological polar surface area (TPSA) is 99.3 Å². The number of hydrogen-bond acceptors (Lipinski definition) is 3. The van der Waals surface area contributed by atoms with Crippen molar-refractivity contribution in [3.8, 4) is 0 Å². The maximum Gasteiger partial charge on any atom is 0.326 e. The summed E-state index contributed by atoms with van der Waals surface area (Å²) in [6.07, 6.45) is 1.75. The number of carbonyl (C=O) groups excluding carboxylic acids is 1. The van der Waals surface area contributed by atoms with Crippen molar-refractivity contribution >= 4 is 22.8 Å². The van der Waals surface area contributed by atoms with E-state index >= 15 is 0 Å².